The van der Waals surface area contributed by atoms with E-state index in [0.717, 1.165) is 43.9 Å². The van der Waals surface area contributed by atoms with Crippen molar-refractivity contribution in [3.8, 4) is 0 Å². The number of amides is 1. The molecule has 0 spiro atoms. The van der Waals surface area contributed by atoms with Gasteiger partial charge in [-0.25, -0.2) is 0 Å². The van der Waals surface area contributed by atoms with Crippen LogP contribution in [-0.4, -0.2) is 46.3 Å². The molecular formula is C24H27N5O3. The predicted octanol–water partition coefficient (Wildman–Crippen LogP) is 2.59. The standard InChI is InChI=1S/C24H27N5O3/c1-32-23(30)16-25-20-9-5-8-18(15-20)24(31)26-19-10-11-21-27-28-22(29(21)13-12-19)14-17-6-3-2-4-7-17/h2-9,15,19,25H,10-14,16H2,1H3,(H,26,31). The summed E-state index contributed by atoms with van der Waals surface area (Å²) in [6.45, 7) is 0.825. The van der Waals surface area contributed by atoms with E-state index in [9.17, 15) is 9.59 Å². The second kappa shape index (κ2) is 10.1. The van der Waals surface area contributed by atoms with Crippen molar-refractivity contribution in [2.24, 2.45) is 0 Å². The van der Waals surface area contributed by atoms with Crippen molar-refractivity contribution in [3.05, 3.63) is 77.4 Å². The first-order valence-corrected chi connectivity index (χ1v) is 10.8. The Morgan fingerprint density at radius 1 is 1.09 bits per heavy atom. The van der Waals surface area contributed by atoms with Crippen LogP contribution in [0.2, 0.25) is 0 Å². The van der Waals surface area contributed by atoms with E-state index in [4.69, 9.17) is 0 Å². The van der Waals surface area contributed by atoms with Crippen LogP contribution in [0.15, 0.2) is 54.6 Å². The molecule has 2 aromatic carbocycles. The van der Waals surface area contributed by atoms with E-state index < -0.39 is 0 Å². The number of benzene rings is 2. The molecule has 32 heavy (non-hydrogen) atoms. The average Bonchev–Trinajstić information content (AvgIpc) is 3.09. The van der Waals surface area contributed by atoms with Crippen LogP contribution >= 0.6 is 0 Å². The van der Waals surface area contributed by atoms with Gasteiger partial charge in [0.1, 0.15) is 18.2 Å². The van der Waals surface area contributed by atoms with Gasteiger partial charge in [0.05, 0.1) is 7.11 Å². The third-order valence-electron chi connectivity index (χ3n) is 5.65. The van der Waals surface area contributed by atoms with Gasteiger partial charge in [-0.05, 0) is 36.6 Å². The molecule has 1 aromatic heterocycles. The number of carbonyl (C=O) groups is 2. The van der Waals surface area contributed by atoms with Crippen LogP contribution in [0.1, 0.15) is 40.4 Å². The van der Waals surface area contributed by atoms with Crippen LogP contribution in [0.5, 0.6) is 0 Å². The number of nitrogens with zero attached hydrogens (tertiary/aromatic N) is 3. The molecule has 1 atom stereocenters. The van der Waals surface area contributed by atoms with Crippen LogP contribution in [0, 0.1) is 0 Å². The molecule has 0 radical (unpaired) electrons. The molecule has 166 valence electrons. The van der Waals surface area contributed by atoms with E-state index in [2.05, 4.69) is 42.3 Å². The second-order valence-electron chi connectivity index (χ2n) is 7.85. The third-order valence-corrected chi connectivity index (χ3v) is 5.65. The van der Waals surface area contributed by atoms with Gasteiger partial charge < -0.3 is 19.9 Å². The Kier molecular flexibility index (Phi) is 6.79. The fraction of sp³-hybridized carbons (Fsp3) is 0.333. The summed E-state index contributed by atoms with van der Waals surface area (Å²) in [6, 6.07) is 17.4. The van der Waals surface area contributed by atoms with E-state index in [-0.39, 0.29) is 24.5 Å². The Bertz CT molecular complexity index is 1080. The van der Waals surface area contributed by atoms with Crippen molar-refractivity contribution < 1.29 is 14.3 Å². The molecule has 1 aliphatic heterocycles. The summed E-state index contributed by atoms with van der Waals surface area (Å²) in [4.78, 5) is 24.1. The van der Waals surface area contributed by atoms with Gasteiger partial charge in [0, 0.05) is 36.7 Å². The number of fused-ring (bicyclic) bond motifs is 1. The molecule has 3 aromatic rings. The Hall–Kier alpha value is -3.68. The van der Waals surface area contributed by atoms with Gasteiger partial charge in [0.15, 0.2) is 0 Å². The summed E-state index contributed by atoms with van der Waals surface area (Å²) in [5.74, 6) is 1.44. The number of methoxy groups -OCH3 is 1. The highest BCUT2D eigenvalue weighted by Gasteiger charge is 2.22. The normalized spacial score (nSPS) is 15.3. The third kappa shape index (κ3) is 5.32. The number of rotatable bonds is 7. The smallest absolute Gasteiger partial charge is 0.325 e. The molecule has 8 heteroatoms. The van der Waals surface area contributed by atoms with E-state index in [1.807, 2.05) is 24.3 Å². The zero-order valence-electron chi connectivity index (χ0n) is 18.1. The highest BCUT2D eigenvalue weighted by Crippen LogP contribution is 2.18. The number of aryl methyl sites for hydroxylation is 1. The fourth-order valence-corrected chi connectivity index (χ4v) is 3.89. The van der Waals surface area contributed by atoms with Crippen LogP contribution < -0.4 is 10.6 Å². The topological polar surface area (TPSA) is 98.1 Å². The van der Waals surface area contributed by atoms with Gasteiger partial charge in [0.2, 0.25) is 0 Å². The van der Waals surface area contributed by atoms with E-state index >= 15 is 0 Å². The quantitative estimate of drug-likeness (QED) is 0.556. The lowest BCUT2D eigenvalue weighted by Gasteiger charge is -2.17. The second-order valence-corrected chi connectivity index (χ2v) is 7.85. The van der Waals surface area contributed by atoms with Gasteiger partial charge in [-0.1, -0.05) is 36.4 Å². The first kappa shape index (κ1) is 21.5. The molecule has 4 rings (SSSR count). The Morgan fingerprint density at radius 2 is 1.94 bits per heavy atom. The number of anilines is 1. The molecular weight excluding hydrogens is 406 g/mol. The lowest BCUT2D eigenvalue weighted by molar-refractivity contribution is -0.138. The van der Waals surface area contributed by atoms with Gasteiger partial charge in [-0.15, -0.1) is 10.2 Å². The summed E-state index contributed by atoms with van der Waals surface area (Å²) < 4.78 is 6.82. The molecule has 2 N–H and O–H groups in total. The number of esters is 1. The van der Waals surface area contributed by atoms with Crippen LogP contribution in [0.3, 0.4) is 0 Å². The summed E-state index contributed by atoms with van der Waals surface area (Å²) in [5, 5.41) is 14.9. The monoisotopic (exact) mass is 433 g/mol. The van der Waals surface area contributed by atoms with Crippen molar-refractivity contribution >= 4 is 17.6 Å². The molecule has 8 nitrogen and oxygen atoms in total. The first-order valence-electron chi connectivity index (χ1n) is 10.8. The molecule has 0 fully saturated rings. The highest BCUT2D eigenvalue weighted by molar-refractivity contribution is 5.95. The molecule has 0 bridgehead atoms. The largest absolute Gasteiger partial charge is 0.468 e. The minimum Gasteiger partial charge on any atom is -0.468 e. The fourth-order valence-electron chi connectivity index (χ4n) is 3.89. The lowest BCUT2D eigenvalue weighted by atomic mass is 10.1. The van der Waals surface area contributed by atoms with Crippen molar-refractivity contribution in [2.75, 3.05) is 19.0 Å². The zero-order chi connectivity index (χ0) is 22.3. The molecule has 0 saturated heterocycles. The average molecular weight is 434 g/mol. The van der Waals surface area contributed by atoms with E-state index in [0.29, 0.717) is 11.3 Å². The lowest BCUT2D eigenvalue weighted by Crippen LogP contribution is -2.35. The molecule has 1 aliphatic rings. The highest BCUT2D eigenvalue weighted by atomic mass is 16.5. The van der Waals surface area contributed by atoms with E-state index in [1.165, 1.54) is 12.7 Å². The molecule has 1 amide bonds. The van der Waals surface area contributed by atoms with Crippen LogP contribution in [-0.2, 0) is 28.9 Å². The van der Waals surface area contributed by atoms with Crippen LogP contribution in [0.4, 0.5) is 5.69 Å². The summed E-state index contributed by atoms with van der Waals surface area (Å²) >= 11 is 0. The maximum absolute atomic E-state index is 12.8. The zero-order valence-corrected chi connectivity index (χ0v) is 18.1. The molecule has 1 unspecified atom stereocenters. The SMILES string of the molecule is COC(=O)CNc1cccc(C(=O)NC2CCc3nnc(Cc4ccccc4)n3CC2)c1. The summed E-state index contributed by atoms with van der Waals surface area (Å²) in [7, 11) is 1.34. The number of nitrogens with one attached hydrogen (secondary N) is 2. The number of carbonyl (C=O) groups excluding carboxylic acids is 2. The van der Waals surface area contributed by atoms with Crippen molar-refractivity contribution in [1.82, 2.24) is 20.1 Å². The van der Waals surface area contributed by atoms with E-state index in [1.54, 1.807) is 18.2 Å². The van der Waals surface area contributed by atoms with Gasteiger partial charge >= 0.3 is 5.97 Å². The summed E-state index contributed by atoms with van der Waals surface area (Å²) in [6.07, 6.45) is 3.15. The molecule has 0 aliphatic carbocycles. The maximum Gasteiger partial charge on any atom is 0.325 e. The molecule has 0 saturated carbocycles. The van der Waals surface area contributed by atoms with Crippen molar-refractivity contribution in [2.45, 2.75) is 38.3 Å². The minimum atomic E-state index is -0.364. The Balaban J connectivity index is 1.36. The number of aromatic nitrogens is 3. The molecule has 2 heterocycles. The van der Waals surface area contributed by atoms with Crippen LogP contribution in [0.25, 0.3) is 0 Å². The van der Waals surface area contributed by atoms with Crippen molar-refractivity contribution in [3.63, 3.8) is 0 Å². The summed E-state index contributed by atoms with van der Waals surface area (Å²) in [5.41, 5.74) is 2.45. The maximum atomic E-state index is 12.8. The van der Waals surface area contributed by atoms with Gasteiger partial charge in [0.25, 0.3) is 5.91 Å². The first-order chi connectivity index (χ1) is 15.6. The minimum absolute atomic E-state index is 0.0506. The Labute approximate surface area is 187 Å². The predicted molar refractivity (Wildman–Crippen MR) is 120 cm³/mol. The number of hydrogen-bond donors (Lipinski definition) is 2. The van der Waals surface area contributed by atoms with Crippen molar-refractivity contribution in [1.29, 1.82) is 0 Å². The number of ether oxygens (including phenoxy) is 1. The van der Waals surface area contributed by atoms with Gasteiger partial charge in [-0.3, -0.25) is 9.59 Å². The number of hydrogen-bond acceptors (Lipinski definition) is 6. The van der Waals surface area contributed by atoms with Gasteiger partial charge in [-0.2, -0.15) is 0 Å². The Morgan fingerprint density at radius 3 is 2.75 bits per heavy atom.